The minimum absolute atomic E-state index is 0.486. The second-order valence-corrected chi connectivity index (χ2v) is 53.4. The Balaban J connectivity index is 0.000000145. The summed E-state index contributed by atoms with van der Waals surface area (Å²) in [6.45, 7) is 69.8. The summed E-state index contributed by atoms with van der Waals surface area (Å²) in [5.74, 6) is 21.6. The molecule has 20 fully saturated rings. The van der Waals surface area contributed by atoms with Gasteiger partial charge in [0.2, 0.25) is 0 Å². The summed E-state index contributed by atoms with van der Waals surface area (Å²) in [7, 11) is 0. The molecule has 20 aliphatic rings. The van der Waals surface area contributed by atoms with Gasteiger partial charge in [-0.15, -0.1) is 0 Å². The van der Waals surface area contributed by atoms with Crippen molar-refractivity contribution in [2.45, 2.75) is 488 Å². The van der Waals surface area contributed by atoms with E-state index in [0.717, 1.165) is 143 Å². The van der Waals surface area contributed by atoms with Crippen LogP contribution in [0.4, 0.5) is 0 Å². The molecule has 3 nitrogen and oxygen atoms in total. The fourth-order valence-corrected chi connectivity index (χ4v) is 30.2. The molecule has 0 radical (unpaired) electrons. The maximum Gasteiger partial charge on any atom is 0.0584 e. The predicted molar refractivity (Wildman–Crippen MR) is 491 cm³/mol. The Morgan fingerprint density at radius 2 is 0.527 bits per heavy atom. The zero-order valence-corrected chi connectivity index (χ0v) is 81.2. The SMILES string of the molecule is CC(C)(C)C12CCC(CC1)CC2.CC(C)(C)C1C2CC3CC(C2)CC1C3.CC(C)(C)C1C2CC3CC1CC(C2)O3.CC(C)(C)C1C2CCCC1CCC2.CC(C)(C)C1C2CCCC1COC2.CC(C)(C)C1CCC2CC2CC1.CC(C)(C)C1CCCCCC1.CC(C)(C)C1CCCCCCC1.CC(C)(C)C1CCCNCC1. The van der Waals surface area contributed by atoms with Gasteiger partial charge in [0, 0.05) is 13.2 Å². The molecular formula is C109H203NO2. The van der Waals surface area contributed by atoms with E-state index in [4.69, 9.17) is 9.47 Å². The minimum atomic E-state index is 0.486. The molecule has 4 saturated heterocycles. The Hall–Kier alpha value is -0.120. The van der Waals surface area contributed by atoms with Crippen LogP contribution in [-0.4, -0.2) is 38.5 Å². The molecule has 5 unspecified atom stereocenters. The van der Waals surface area contributed by atoms with Gasteiger partial charge in [0.1, 0.15) is 0 Å². The van der Waals surface area contributed by atoms with Gasteiger partial charge in [0.05, 0.1) is 12.2 Å². The molecule has 0 spiro atoms. The molecule has 14 bridgehead atoms. The van der Waals surface area contributed by atoms with Crippen molar-refractivity contribution in [1.29, 1.82) is 0 Å². The lowest BCUT2D eigenvalue weighted by molar-refractivity contribution is -0.195. The average Bonchev–Trinajstić information content (AvgIpc) is 0.946. The van der Waals surface area contributed by atoms with Crippen LogP contribution in [0.5, 0.6) is 0 Å². The summed E-state index contributed by atoms with van der Waals surface area (Å²) in [6, 6.07) is 0. The Labute approximate surface area is 703 Å². The van der Waals surface area contributed by atoms with Gasteiger partial charge >= 0.3 is 0 Å². The largest absolute Gasteiger partial charge is 0.381 e. The summed E-state index contributed by atoms with van der Waals surface area (Å²) in [6.07, 6.45) is 68.1. The lowest BCUT2D eigenvalue weighted by Gasteiger charge is -2.58. The van der Waals surface area contributed by atoms with Gasteiger partial charge in [-0.1, -0.05) is 290 Å². The third kappa shape index (κ3) is 28.2. The van der Waals surface area contributed by atoms with Crippen LogP contribution >= 0.6 is 0 Å². The highest BCUT2D eigenvalue weighted by atomic mass is 16.5. The van der Waals surface area contributed by atoms with E-state index in [1.807, 2.05) is 0 Å². The second kappa shape index (κ2) is 40.9. The Kier molecular flexibility index (Phi) is 35.0. The smallest absolute Gasteiger partial charge is 0.0584 e. The van der Waals surface area contributed by atoms with Crippen LogP contribution < -0.4 is 5.32 Å². The molecule has 1 N–H and O–H groups in total. The van der Waals surface area contributed by atoms with Crippen molar-refractivity contribution in [3.63, 3.8) is 0 Å². The minimum Gasteiger partial charge on any atom is -0.381 e. The third-order valence-electron chi connectivity index (χ3n) is 36.0. The first-order chi connectivity index (χ1) is 52.2. The van der Waals surface area contributed by atoms with Gasteiger partial charge in [0.25, 0.3) is 0 Å². The molecule has 0 aromatic carbocycles. The molecule has 0 amide bonds. The number of hydrogen-bond donors (Lipinski definition) is 1. The monoisotopic (exact) mass is 1560 g/mol. The first kappa shape index (κ1) is 95.7. The van der Waals surface area contributed by atoms with Crippen molar-refractivity contribution >= 4 is 0 Å². The van der Waals surface area contributed by atoms with Crippen LogP contribution in [0.25, 0.3) is 0 Å². The van der Waals surface area contributed by atoms with E-state index >= 15 is 0 Å². The molecule has 4 aliphatic heterocycles. The van der Waals surface area contributed by atoms with Crippen LogP contribution in [0.1, 0.15) is 476 Å². The summed E-state index contributed by atoms with van der Waals surface area (Å²) in [5, 5.41) is 3.45. The molecule has 5 atom stereocenters. The standard InChI is InChI=1S/C14H24.C13H22O.C13H24.C12H22O.2C12H22.C12H24.C11H22.C10H21N/c1-14(2,3)13-11-5-9-4-10(7-11)8-12(13)6-9;1-13(2,3)12-8-4-10-6-9(12)7-11(5-8)14-10;1-13(2,3)12-10-6-4-7-11(12)9-5-8-10;1-12(2,3)11-9-5-4-6-10(11)8-13-7-9;1-11(2,3)12-7-4-10(5-8-12)6-9-12;1-12(2,3)11-6-4-9-8-10(9)5-7-11;1-12(2,3)11-9-7-5-4-6-8-10-11;1-11(2,3)10-8-6-4-5-7-9-10;1-10(2,3)9-5-4-7-11-8-6-9/h9-13H,4-8H2,1-3H3;8-12H,4-7H2,1-3H3;10-12H,4-9H2,1-3H3;9-11H,4-8H2,1-3H3;10H,4-9H2,1-3H3;9-11H,4-8H2,1-3H3;11H,4-10H2,1-3H3;10H,4-9H2,1-3H3;9,11H,4-8H2,1-3H3. The maximum atomic E-state index is 5.98. The lowest BCUT2D eigenvalue weighted by atomic mass is 9.47. The van der Waals surface area contributed by atoms with Crippen molar-refractivity contribution < 1.29 is 9.47 Å². The molecule has 0 aromatic heterocycles. The van der Waals surface area contributed by atoms with Crippen molar-refractivity contribution in [3.05, 3.63) is 0 Å². The highest BCUT2D eigenvalue weighted by molar-refractivity contribution is 5.04. The van der Waals surface area contributed by atoms with E-state index in [1.165, 1.54) is 264 Å². The second-order valence-electron chi connectivity index (χ2n) is 53.4. The van der Waals surface area contributed by atoms with Crippen molar-refractivity contribution in [2.75, 3.05) is 26.3 Å². The Bertz CT molecular complexity index is 2350. The number of fused-ring (bicyclic) bond motifs is 8. The molecule has 20 rings (SSSR count). The van der Waals surface area contributed by atoms with Gasteiger partial charge < -0.3 is 14.8 Å². The van der Waals surface area contributed by atoms with Crippen molar-refractivity contribution in [2.24, 2.45) is 178 Å². The first-order valence-electron chi connectivity index (χ1n) is 51.1. The number of hydrogen-bond acceptors (Lipinski definition) is 3. The molecule has 3 heteroatoms. The van der Waals surface area contributed by atoms with Crippen molar-refractivity contribution in [1.82, 2.24) is 5.32 Å². The first-order valence-corrected chi connectivity index (χ1v) is 51.1. The Morgan fingerprint density at radius 1 is 0.223 bits per heavy atom. The number of rotatable bonds is 0. The van der Waals surface area contributed by atoms with Crippen molar-refractivity contribution in [3.8, 4) is 0 Å². The highest BCUT2D eigenvalue weighted by Gasteiger charge is 2.55. The van der Waals surface area contributed by atoms with Crippen LogP contribution in [0.2, 0.25) is 0 Å². The molecule has 16 aliphatic carbocycles. The molecule has 0 aromatic rings. The molecule has 112 heavy (non-hydrogen) atoms. The van der Waals surface area contributed by atoms with Crippen LogP contribution in [-0.2, 0) is 9.47 Å². The number of nitrogens with one attached hydrogen (secondary N) is 1. The van der Waals surface area contributed by atoms with Gasteiger partial charge in [-0.25, -0.2) is 0 Å². The normalized spacial score (nSPS) is 38.7. The molecule has 16 saturated carbocycles. The van der Waals surface area contributed by atoms with E-state index in [0.29, 0.717) is 60.9 Å². The van der Waals surface area contributed by atoms with Gasteiger partial charge in [-0.3, -0.25) is 0 Å². The number of ether oxygens (including phenoxy) is 2. The van der Waals surface area contributed by atoms with Gasteiger partial charge in [-0.2, -0.15) is 0 Å². The highest BCUT2D eigenvalue weighted by Crippen LogP contribution is 2.63. The topological polar surface area (TPSA) is 30.5 Å². The van der Waals surface area contributed by atoms with Crippen LogP contribution in [0, 0.1) is 178 Å². The summed E-state index contributed by atoms with van der Waals surface area (Å²) in [5.41, 5.74) is 5.62. The third-order valence-corrected chi connectivity index (χ3v) is 36.0. The average molecular weight is 1560 g/mol. The fourth-order valence-electron chi connectivity index (χ4n) is 30.2. The zero-order chi connectivity index (χ0) is 82.0. The molecule has 656 valence electrons. The quantitative estimate of drug-likeness (QED) is 0.245. The van der Waals surface area contributed by atoms with E-state index < -0.39 is 0 Å². The molecule has 4 heterocycles. The van der Waals surface area contributed by atoms with Gasteiger partial charge in [0.15, 0.2) is 0 Å². The molecular weight excluding hydrogens is 1360 g/mol. The maximum absolute atomic E-state index is 5.98. The summed E-state index contributed by atoms with van der Waals surface area (Å²) < 4.78 is 11.6. The summed E-state index contributed by atoms with van der Waals surface area (Å²) in [4.78, 5) is 0. The van der Waals surface area contributed by atoms with E-state index in [9.17, 15) is 0 Å². The van der Waals surface area contributed by atoms with Gasteiger partial charge in [-0.05, 0) is 378 Å². The lowest BCUT2D eigenvalue weighted by Crippen LogP contribution is -2.54. The van der Waals surface area contributed by atoms with E-state index in [2.05, 4.69) is 192 Å². The fraction of sp³-hybridized carbons (Fsp3) is 1.00. The van der Waals surface area contributed by atoms with E-state index in [1.54, 1.807) is 38.5 Å². The Morgan fingerprint density at radius 3 is 0.848 bits per heavy atom. The predicted octanol–water partition coefficient (Wildman–Crippen LogP) is 33.4. The summed E-state index contributed by atoms with van der Waals surface area (Å²) >= 11 is 0. The van der Waals surface area contributed by atoms with E-state index in [-0.39, 0.29) is 0 Å². The van der Waals surface area contributed by atoms with Crippen LogP contribution in [0.15, 0.2) is 0 Å². The van der Waals surface area contributed by atoms with Crippen LogP contribution in [0.3, 0.4) is 0 Å². The zero-order valence-electron chi connectivity index (χ0n) is 81.2.